The zero-order valence-electron chi connectivity index (χ0n) is 14.2. The Morgan fingerprint density at radius 3 is 2.54 bits per heavy atom. The fourth-order valence-electron chi connectivity index (χ4n) is 2.45. The molecule has 0 fully saturated rings. The summed E-state index contributed by atoms with van der Waals surface area (Å²) in [5.74, 6) is 1.27. The zero-order valence-corrected chi connectivity index (χ0v) is 14.2. The lowest BCUT2D eigenvalue weighted by Crippen LogP contribution is -2.04. The van der Waals surface area contributed by atoms with E-state index < -0.39 is 6.10 Å². The molecule has 126 valence electrons. The van der Waals surface area contributed by atoms with E-state index in [1.54, 1.807) is 7.11 Å². The van der Waals surface area contributed by atoms with Crippen molar-refractivity contribution in [3.05, 3.63) is 84.0 Å². The lowest BCUT2D eigenvalue weighted by molar-refractivity contribution is 0.226. The summed E-state index contributed by atoms with van der Waals surface area (Å²) in [7, 11) is 1.62. The minimum Gasteiger partial charge on any atom is -0.493 e. The molecule has 0 bridgehead atoms. The predicted molar refractivity (Wildman–Crippen MR) is 97.4 cm³/mol. The Kier molecular flexibility index (Phi) is 6.64. The highest BCUT2D eigenvalue weighted by Gasteiger charge is 2.15. The maximum absolute atomic E-state index is 10.2. The van der Waals surface area contributed by atoms with Crippen LogP contribution in [-0.4, -0.2) is 12.2 Å². The second kappa shape index (κ2) is 8.94. The molecule has 1 N–H and O–H groups in total. The van der Waals surface area contributed by atoms with Crippen molar-refractivity contribution < 1.29 is 14.6 Å². The van der Waals surface area contributed by atoms with Gasteiger partial charge in [0.15, 0.2) is 11.5 Å². The van der Waals surface area contributed by atoms with Crippen molar-refractivity contribution in [1.29, 1.82) is 0 Å². The van der Waals surface area contributed by atoms with Crippen LogP contribution in [0.2, 0.25) is 0 Å². The standard InChI is InChI=1S/C21H24O3/c1-4-6-12-17-13-20(23-3)21(14-18(17)19(22)5-2)24-15-16-10-8-7-9-11-16/h4-11,13-14,19,22H,2,12,15H2,1,3H3/b6-4+. The van der Waals surface area contributed by atoms with E-state index >= 15 is 0 Å². The second-order valence-corrected chi connectivity index (χ2v) is 5.43. The summed E-state index contributed by atoms with van der Waals surface area (Å²) < 4.78 is 11.4. The summed E-state index contributed by atoms with van der Waals surface area (Å²) in [6.45, 7) is 6.09. The average Bonchev–Trinajstić information content (AvgIpc) is 2.64. The molecular formula is C21H24O3. The van der Waals surface area contributed by atoms with Crippen molar-refractivity contribution in [1.82, 2.24) is 0 Å². The van der Waals surface area contributed by atoms with Crippen molar-refractivity contribution in [2.45, 2.75) is 26.1 Å². The third-order valence-electron chi connectivity index (χ3n) is 3.78. The monoisotopic (exact) mass is 324 g/mol. The molecule has 2 aromatic rings. The number of methoxy groups -OCH3 is 1. The SMILES string of the molecule is C=CC(O)c1cc(OCc2ccccc2)c(OC)cc1C/C=C/C. The highest BCUT2D eigenvalue weighted by molar-refractivity contribution is 5.49. The van der Waals surface area contributed by atoms with Crippen molar-refractivity contribution in [2.75, 3.05) is 7.11 Å². The van der Waals surface area contributed by atoms with E-state index in [1.165, 1.54) is 6.08 Å². The molecule has 2 rings (SSSR count). The number of hydrogen-bond donors (Lipinski definition) is 1. The van der Waals surface area contributed by atoms with Gasteiger partial charge in [-0.05, 0) is 42.2 Å². The minimum atomic E-state index is -0.741. The van der Waals surface area contributed by atoms with Gasteiger partial charge in [0.2, 0.25) is 0 Å². The molecule has 0 spiro atoms. The average molecular weight is 324 g/mol. The van der Waals surface area contributed by atoms with Gasteiger partial charge in [0.05, 0.1) is 13.2 Å². The van der Waals surface area contributed by atoms with E-state index in [0.29, 0.717) is 24.5 Å². The third kappa shape index (κ3) is 4.49. The summed E-state index contributed by atoms with van der Waals surface area (Å²) in [5.41, 5.74) is 2.85. The normalized spacial score (nSPS) is 12.1. The summed E-state index contributed by atoms with van der Waals surface area (Å²) in [6.07, 6.45) is 5.51. The summed E-state index contributed by atoms with van der Waals surface area (Å²) >= 11 is 0. The van der Waals surface area contributed by atoms with Crippen LogP contribution in [0.15, 0.2) is 67.3 Å². The van der Waals surface area contributed by atoms with E-state index in [-0.39, 0.29) is 0 Å². The van der Waals surface area contributed by atoms with E-state index in [0.717, 1.165) is 16.7 Å². The number of aliphatic hydroxyl groups is 1. The number of allylic oxidation sites excluding steroid dienone is 2. The van der Waals surface area contributed by atoms with Gasteiger partial charge in [0.25, 0.3) is 0 Å². The van der Waals surface area contributed by atoms with Gasteiger partial charge in [-0.15, -0.1) is 6.58 Å². The largest absolute Gasteiger partial charge is 0.493 e. The molecule has 3 nitrogen and oxygen atoms in total. The van der Waals surface area contributed by atoms with Crippen LogP contribution in [-0.2, 0) is 13.0 Å². The van der Waals surface area contributed by atoms with Crippen molar-refractivity contribution >= 4 is 0 Å². The Morgan fingerprint density at radius 1 is 1.17 bits per heavy atom. The zero-order chi connectivity index (χ0) is 17.4. The van der Waals surface area contributed by atoms with Crippen LogP contribution in [0.1, 0.15) is 29.7 Å². The summed E-state index contributed by atoms with van der Waals surface area (Å²) in [6, 6.07) is 13.7. The lowest BCUT2D eigenvalue weighted by atomic mass is 9.98. The minimum absolute atomic E-state index is 0.440. The van der Waals surface area contributed by atoms with Gasteiger partial charge in [0, 0.05) is 0 Å². The van der Waals surface area contributed by atoms with Crippen LogP contribution in [0.4, 0.5) is 0 Å². The van der Waals surface area contributed by atoms with Crippen molar-refractivity contribution in [3.63, 3.8) is 0 Å². The molecule has 0 radical (unpaired) electrons. The van der Waals surface area contributed by atoms with Gasteiger partial charge >= 0.3 is 0 Å². The Balaban J connectivity index is 2.33. The van der Waals surface area contributed by atoms with Gasteiger partial charge in [-0.2, -0.15) is 0 Å². The van der Waals surface area contributed by atoms with Crippen LogP contribution >= 0.6 is 0 Å². The first kappa shape index (κ1) is 17.8. The van der Waals surface area contributed by atoms with E-state index in [1.807, 2.05) is 61.5 Å². The predicted octanol–water partition coefficient (Wildman–Crippen LogP) is 4.61. The molecule has 2 aromatic carbocycles. The molecule has 0 heterocycles. The maximum Gasteiger partial charge on any atom is 0.162 e. The molecule has 0 saturated heterocycles. The fraction of sp³-hybridized carbons (Fsp3) is 0.238. The maximum atomic E-state index is 10.2. The molecule has 0 amide bonds. The van der Waals surface area contributed by atoms with Gasteiger partial charge in [0.1, 0.15) is 6.61 Å². The number of rotatable bonds is 8. The van der Waals surface area contributed by atoms with E-state index in [2.05, 4.69) is 6.58 Å². The topological polar surface area (TPSA) is 38.7 Å². The molecule has 1 unspecified atom stereocenters. The fourth-order valence-corrected chi connectivity index (χ4v) is 2.45. The first-order valence-corrected chi connectivity index (χ1v) is 7.99. The highest BCUT2D eigenvalue weighted by Crippen LogP contribution is 2.34. The van der Waals surface area contributed by atoms with Crippen LogP contribution in [0, 0.1) is 0 Å². The third-order valence-corrected chi connectivity index (χ3v) is 3.78. The van der Waals surface area contributed by atoms with E-state index in [9.17, 15) is 5.11 Å². The number of hydrogen-bond acceptors (Lipinski definition) is 3. The molecule has 3 heteroatoms. The number of aliphatic hydroxyl groups excluding tert-OH is 1. The van der Waals surface area contributed by atoms with Crippen molar-refractivity contribution in [3.8, 4) is 11.5 Å². The van der Waals surface area contributed by atoms with Crippen LogP contribution in [0.25, 0.3) is 0 Å². The summed E-state index contributed by atoms with van der Waals surface area (Å²) in [4.78, 5) is 0. The number of benzene rings is 2. The summed E-state index contributed by atoms with van der Waals surface area (Å²) in [5, 5.41) is 10.2. The quantitative estimate of drug-likeness (QED) is 0.721. The lowest BCUT2D eigenvalue weighted by Gasteiger charge is -2.17. The van der Waals surface area contributed by atoms with Gasteiger partial charge in [-0.25, -0.2) is 0 Å². The molecule has 0 aliphatic carbocycles. The van der Waals surface area contributed by atoms with E-state index in [4.69, 9.17) is 9.47 Å². The molecule has 0 aromatic heterocycles. The first-order chi connectivity index (χ1) is 11.7. The van der Waals surface area contributed by atoms with Gasteiger partial charge in [-0.3, -0.25) is 0 Å². The molecule has 0 saturated carbocycles. The Bertz CT molecular complexity index is 690. The Labute approximate surface area is 143 Å². The first-order valence-electron chi connectivity index (χ1n) is 7.99. The van der Waals surface area contributed by atoms with Crippen molar-refractivity contribution in [2.24, 2.45) is 0 Å². The Morgan fingerprint density at radius 2 is 1.92 bits per heavy atom. The van der Waals surface area contributed by atoms with Gasteiger partial charge < -0.3 is 14.6 Å². The highest BCUT2D eigenvalue weighted by atomic mass is 16.5. The van der Waals surface area contributed by atoms with Crippen LogP contribution in [0.5, 0.6) is 11.5 Å². The van der Waals surface area contributed by atoms with Gasteiger partial charge in [-0.1, -0.05) is 48.6 Å². The molecule has 0 aliphatic rings. The molecule has 24 heavy (non-hydrogen) atoms. The molecule has 0 aliphatic heterocycles. The smallest absolute Gasteiger partial charge is 0.162 e. The molecule has 1 atom stereocenters. The number of ether oxygens (including phenoxy) is 2. The molecular weight excluding hydrogens is 300 g/mol. The van der Waals surface area contributed by atoms with Crippen LogP contribution in [0.3, 0.4) is 0 Å². The second-order valence-electron chi connectivity index (χ2n) is 5.43. The van der Waals surface area contributed by atoms with Crippen LogP contribution < -0.4 is 9.47 Å². The Hall–Kier alpha value is -2.52.